The van der Waals surface area contributed by atoms with E-state index in [9.17, 15) is 4.79 Å². The number of likely N-dealkylation sites (tertiary alicyclic amines) is 1. The van der Waals surface area contributed by atoms with Gasteiger partial charge in [0.05, 0.1) is 6.54 Å². The zero-order valence-electron chi connectivity index (χ0n) is 9.74. The highest BCUT2D eigenvalue weighted by Gasteiger charge is 2.24. The summed E-state index contributed by atoms with van der Waals surface area (Å²) < 4.78 is 1.17. The van der Waals surface area contributed by atoms with Gasteiger partial charge in [-0.05, 0) is 53.3 Å². The minimum Gasteiger partial charge on any atom is -0.325 e. The van der Waals surface area contributed by atoms with Gasteiger partial charge in [0.1, 0.15) is 0 Å². The zero-order chi connectivity index (χ0) is 12.4. The molecule has 0 atom stereocenters. The van der Waals surface area contributed by atoms with Gasteiger partial charge in [0.2, 0.25) is 5.91 Å². The maximum atomic E-state index is 11.8. The van der Waals surface area contributed by atoms with Crippen LogP contribution in [0.2, 0.25) is 0 Å². The van der Waals surface area contributed by atoms with E-state index in [1.54, 1.807) is 0 Å². The molecule has 1 heterocycles. The minimum atomic E-state index is 0.0289. The molecule has 0 aliphatic carbocycles. The maximum absolute atomic E-state index is 11.8. The van der Waals surface area contributed by atoms with Crippen molar-refractivity contribution >= 4 is 34.2 Å². The van der Waals surface area contributed by atoms with Crippen molar-refractivity contribution in [1.29, 1.82) is 0 Å². The summed E-state index contributed by atoms with van der Waals surface area (Å²) in [5, 5.41) is 2.93. The first kappa shape index (κ1) is 12.8. The summed E-state index contributed by atoms with van der Waals surface area (Å²) in [7, 11) is 0. The Morgan fingerprint density at radius 3 is 2.88 bits per heavy atom. The van der Waals surface area contributed by atoms with Crippen molar-refractivity contribution in [3.8, 4) is 0 Å². The van der Waals surface area contributed by atoms with Crippen LogP contribution in [-0.4, -0.2) is 36.5 Å². The number of amides is 1. The summed E-state index contributed by atoms with van der Waals surface area (Å²) in [4.78, 5) is 13.8. The van der Waals surface area contributed by atoms with Crippen LogP contribution in [0.4, 0.5) is 5.69 Å². The van der Waals surface area contributed by atoms with Crippen molar-refractivity contribution in [2.45, 2.75) is 13.0 Å². The number of benzene rings is 1. The first-order valence-electron chi connectivity index (χ1n) is 5.58. The third-order valence-corrected chi connectivity index (χ3v) is 3.49. The van der Waals surface area contributed by atoms with Gasteiger partial charge in [0, 0.05) is 28.4 Å². The van der Waals surface area contributed by atoms with Gasteiger partial charge >= 0.3 is 0 Å². The van der Waals surface area contributed by atoms with Crippen molar-refractivity contribution in [3.63, 3.8) is 0 Å². The van der Waals surface area contributed by atoms with E-state index in [0.29, 0.717) is 6.54 Å². The topological polar surface area (TPSA) is 58.4 Å². The number of nitrogens with two attached hydrogens (primary N) is 1. The van der Waals surface area contributed by atoms with Gasteiger partial charge in [-0.25, -0.2) is 0 Å². The summed E-state index contributed by atoms with van der Waals surface area (Å²) in [5.74, 6) is 0.0289. The molecule has 2 rings (SSSR count). The van der Waals surface area contributed by atoms with Gasteiger partial charge in [-0.15, -0.1) is 0 Å². The molecule has 0 aromatic heterocycles. The fraction of sp³-hybridized carbons (Fsp3) is 0.417. The number of hydrogen-bond acceptors (Lipinski definition) is 3. The van der Waals surface area contributed by atoms with E-state index >= 15 is 0 Å². The van der Waals surface area contributed by atoms with Crippen LogP contribution in [0.3, 0.4) is 0 Å². The number of anilines is 1. The number of rotatable bonds is 3. The number of nitrogens with one attached hydrogen (secondary N) is 1. The molecule has 1 fully saturated rings. The summed E-state index contributed by atoms with van der Waals surface area (Å²) in [6.45, 7) is 4.06. The second-order valence-corrected chi connectivity index (χ2v) is 5.71. The quantitative estimate of drug-likeness (QED) is 0.809. The molecular formula is C12H16IN3O. The van der Waals surface area contributed by atoms with E-state index in [1.807, 2.05) is 24.0 Å². The third-order valence-electron chi connectivity index (χ3n) is 2.82. The molecule has 1 aliphatic heterocycles. The Morgan fingerprint density at radius 1 is 1.59 bits per heavy atom. The SMILES string of the molecule is Cc1cc(I)ccc1NC(=O)CN1CC(N)C1. The van der Waals surface area contributed by atoms with E-state index < -0.39 is 0 Å². The van der Waals surface area contributed by atoms with Crippen molar-refractivity contribution in [2.75, 3.05) is 25.0 Å². The molecule has 5 heteroatoms. The second kappa shape index (κ2) is 5.32. The Balaban J connectivity index is 1.89. The molecule has 92 valence electrons. The van der Waals surface area contributed by atoms with Crippen molar-refractivity contribution in [3.05, 3.63) is 27.3 Å². The lowest BCUT2D eigenvalue weighted by Crippen LogP contribution is -2.57. The fourth-order valence-electron chi connectivity index (χ4n) is 1.90. The molecule has 17 heavy (non-hydrogen) atoms. The van der Waals surface area contributed by atoms with Gasteiger partial charge in [-0.1, -0.05) is 0 Å². The van der Waals surface area contributed by atoms with E-state index in [2.05, 4.69) is 34.0 Å². The highest BCUT2D eigenvalue weighted by atomic mass is 127. The molecular weight excluding hydrogens is 329 g/mol. The largest absolute Gasteiger partial charge is 0.325 e. The average molecular weight is 345 g/mol. The predicted octanol–water partition coefficient (Wildman–Crippen LogP) is 1.18. The lowest BCUT2D eigenvalue weighted by Gasteiger charge is -2.36. The van der Waals surface area contributed by atoms with Crippen LogP contribution in [-0.2, 0) is 4.79 Å². The zero-order valence-corrected chi connectivity index (χ0v) is 11.9. The third kappa shape index (κ3) is 3.40. The van der Waals surface area contributed by atoms with Crippen LogP contribution in [0.15, 0.2) is 18.2 Å². The predicted molar refractivity (Wildman–Crippen MR) is 76.9 cm³/mol. The summed E-state index contributed by atoms with van der Waals surface area (Å²) in [5.41, 5.74) is 7.64. The standard InChI is InChI=1S/C12H16IN3O/c1-8-4-9(13)2-3-11(8)15-12(17)7-16-5-10(14)6-16/h2-4,10H,5-7,14H2,1H3,(H,15,17). The Hall–Kier alpha value is -0.660. The minimum absolute atomic E-state index is 0.0289. The maximum Gasteiger partial charge on any atom is 0.238 e. The molecule has 0 saturated carbocycles. The molecule has 3 N–H and O–H groups in total. The molecule has 0 spiro atoms. The lowest BCUT2D eigenvalue weighted by molar-refractivity contribution is -0.118. The number of hydrogen-bond donors (Lipinski definition) is 2. The van der Waals surface area contributed by atoms with E-state index in [4.69, 9.17) is 5.73 Å². The highest BCUT2D eigenvalue weighted by molar-refractivity contribution is 14.1. The number of halogens is 1. The smallest absolute Gasteiger partial charge is 0.238 e. The van der Waals surface area contributed by atoms with Crippen LogP contribution in [0.25, 0.3) is 0 Å². The number of carbonyl (C=O) groups excluding carboxylic acids is 1. The van der Waals surface area contributed by atoms with Crippen molar-refractivity contribution in [1.82, 2.24) is 4.90 Å². The van der Waals surface area contributed by atoms with E-state index in [0.717, 1.165) is 24.3 Å². The molecule has 1 aromatic carbocycles. The molecule has 1 saturated heterocycles. The normalized spacial score (nSPS) is 16.6. The van der Waals surface area contributed by atoms with Gasteiger partial charge in [-0.2, -0.15) is 0 Å². The molecule has 1 aliphatic rings. The molecule has 4 nitrogen and oxygen atoms in total. The van der Waals surface area contributed by atoms with Crippen LogP contribution in [0.1, 0.15) is 5.56 Å². The van der Waals surface area contributed by atoms with Crippen LogP contribution < -0.4 is 11.1 Å². The molecule has 1 aromatic rings. The Kier molecular flexibility index (Phi) is 4.01. The lowest BCUT2D eigenvalue weighted by atomic mass is 10.1. The first-order chi connectivity index (χ1) is 8.04. The molecule has 0 unspecified atom stereocenters. The number of nitrogens with zero attached hydrogens (tertiary/aromatic N) is 1. The summed E-state index contributed by atoms with van der Waals surface area (Å²) in [6, 6.07) is 6.22. The Labute approximate surface area is 115 Å². The summed E-state index contributed by atoms with van der Waals surface area (Å²) >= 11 is 2.26. The average Bonchev–Trinajstić information content (AvgIpc) is 2.20. The molecule has 0 radical (unpaired) electrons. The fourth-order valence-corrected chi connectivity index (χ4v) is 2.55. The van der Waals surface area contributed by atoms with Crippen LogP contribution >= 0.6 is 22.6 Å². The Bertz CT molecular complexity index is 430. The van der Waals surface area contributed by atoms with Crippen molar-refractivity contribution in [2.24, 2.45) is 5.73 Å². The Morgan fingerprint density at radius 2 is 2.29 bits per heavy atom. The van der Waals surface area contributed by atoms with Crippen molar-refractivity contribution < 1.29 is 4.79 Å². The number of aryl methyl sites for hydroxylation is 1. The molecule has 0 bridgehead atoms. The van der Waals surface area contributed by atoms with Gasteiger partial charge in [0.15, 0.2) is 0 Å². The molecule has 1 amide bonds. The summed E-state index contributed by atoms with van der Waals surface area (Å²) in [6.07, 6.45) is 0. The van der Waals surface area contributed by atoms with E-state index in [-0.39, 0.29) is 11.9 Å². The van der Waals surface area contributed by atoms with Crippen LogP contribution in [0, 0.1) is 10.5 Å². The van der Waals surface area contributed by atoms with Crippen LogP contribution in [0.5, 0.6) is 0 Å². The van der Waals surface area contributed by atoms with Gasteiger partial charge < -0.3 is 11.1 Å². The monoisotopic (exact) mass is 345 g/mol. The van der Waals surface area contributed by atoms with E-state index in [1.165, 1.54) is 3.57 Å². The second-order valence-electron chi connectivity index (χ2n) is 4.46. The number of carbonyl (C=O) groups is 1. The van der Waals surface area contributed by atoms with Gasteiger partial charge in [-0.3, -0.25) is 9.69 Å². The first-order valence-corrected chi connectivity index (χ1v) is 6.66. The highest BCUT2D eigenvalue weighted by Crippen LogP contribution is 2.17. The van der Waals surface area contributed by atoms with Gasteiger partial charge in [0.25, 0.3) is 0 Å².